The summed E-state index contributed by atoms with van der Waals surface area (Å²) >= 11 is 0. The molecule has 16 nitrogen and oxygen atoms in total. The lowest BCUT2D eigenvalue weighted by Crippen LogP contribution is -2.82. The average Bonchev–Trinajstić information content (AvgIpc) is 2.81. The molecule has 3 heterocycles. The molecular weight excluding hydrogens is 472 g/mol. The molecule has 0 aromatic carbocycles. The molecule has 3 aliphatic rings. The van der Waals surface area contributed by atoms with Gasteiger partial charge in [0.15, 0.2) is 18.2 Å². The van der Waals surface area contributed by atoms with Crippen molar-refractivity contribution in [1.82, 2.24) is 0 Å². The van der Waals surface area contributed by atoms with Crippen molar-refractivity contribution in [3.05, 3.63) is 0 Å². The van der Waals surface area contributed by atoms with E-state index >= 15 is 0 Å². The molecule has 0 bridgehead atoms. The zero-order chi connectivity index (χ0) is 25.7. The number of rotatable bonds is 5. The van der Waals surface area contributed by atoms with Crippen LogP contribution in [0.4, 0.5) is 0 Å². The largest absolute Gasteiger partial charge is 0.394 e. The first-order chi connectivity index (χ1) is 15.8. The van der Waals surface area contributed by atoms with Gasteiger partial charge in [-0.05, 0) is 6.92 Å². The van der Waals surface area contributed by atoms with E-state index < -0.39 is 104 Å². The molecule has 0 saturated carbocycles. The predicted molar refractivity (Wildman–Crippen MR) is 101 cm³/mol. The van der Waals surface area contributed by atoms with Gasteiger partial charge in [-0.15, -0.1) is 0 Å². The summed E-state index contributed by atoms with van der Waals surface area (Å²) in [5.41, 5.74) is -2.92. The van der Waals surface area contributed by atoms with Crippen molar-refractivity contribution in [1.29, 1.82) is 0 Å². The molecule has 3 unspecified atom stereocenters. The Labute approximate surface area is 192 Å². The van der Waals surface area contributed by atoms with Gasteiger partial charge in [-0.3, -0.25) is 0 Å². The summed E-state index contributed by atoms with van der Waals surface area (Å²) in [6, 6.07) is 0. The molecule has 0 spiro atoms. The van der Waals surface area contributed by atoms with Crippen molar-refractivity contribution < 1.29 is 80.2 Å². The van der Waals surface area contributed by atoms with Gasteiger partial charge in [-0.1, -0.05) is 0 Å². The highest BCUT2D eigenvalue weighted by atomic mass is 16.8. The Morgan fingerprint density at radius 1 is 0.735 bits per heavy atom. The van der Waals surface area contributed by atoms with Gasteiger partial charge in [0.2, 0.25) is 5.79 Å². The molecule has 3 aliphatic heterocycles. The Morgan fingerprint density at radius 3 is 1.88 bits per heavy atom. The summed E-state index contributed by atoms with van der Waals surface area (Å²) in [4.78, 5) is 0. The van der Waals surface area contributed by atoms with Crippen LogP contribution in [0.15, 0.2) is 0 Å². The number of ether oxygens (including phenoxy) is 4. The SMILES string of the molecule is C[C@@H]1OC(O)([C@]2(CO)O[C@@H](O[C@H]3[C@H](O)C(O)C(O)O[C@@H]3CO)[C@H](O)[C@@H](O)[C@H]2O)[C@@H](O)[C@H](O)[C@@H]1O. The first-order valence-corrected chi connectivity index (χ1v) is 10.5. The monoisotopic (exact) mass is 504 g/mol. The zero-order valence-corrected chi connectivity index (χ0v) is 17.9. The van der Waals surface area contributed by atoms with Crippen molar-refractivity contribution in [2.24, 2.45) is 0 Å². The topological polar surface area (TPSA) is 280 Å². The van der Waals surface area contributed by atoms with Crippen LogP contribution in [0, 0.1) is 0 Å². The summed E-state index contributed by atoms with van der Waals surface area (Å²) in [6.07, 6.45) is -25.5. The first-order valence-electron chi connectivity index (χ1n) is 10.5. The van der Waals surface area contributed by atoms with Crippen LogP contribution in [0.2, 0.25) is 0 Å². The standard InChI is InChI=1S/C18H32O16/c1-4-6(21)8(23)14(28)18(30,33-4)17(3-20)13(27)9(24)11(26)16(34-17)32-12-5(2-19)31-15(29)10(25)7(12)22/h4-16,19-30H,2-3H2,1H3/t4-,5+,6+,7+,8+,9+,10?,11+,12+,13+,14-,15?,16+,17+,18?/m0/s1. The zero-order valence-electron chi connectivity index (χ0n) is 17.9. The molecule has 0 aliphatic carbocycles. The molecule has 0 aromatic heterocycles. The van der Waals surface area contributed by atoms with Crippen LogP contribution in [0.25, 0.3) is 0 Å². The van der Waals surface area contributed by atoms with E-state index in [1.54, 1.807) is 0 Å². The Kier molecular flexibility index (Phi) is 8.23. The molecule has 200 valence electrons. The van der Waals surface area contributed by atoms with Crippen molar-refractivity contribution >= 4 is 0 Å². The minimum absolute atomic E-state index is 0.863. The predicted octanol–water partition coefficient (Wildman–Crippen LogP) is -7.84. The van der Waals surface area contributed by atoms with Gasteiger partial charge in [0.05, 0.1) is 19.3 Å². The van der Waals surface area contributed by atoms with Gasteiger partial charge in [0.1, 0.15) is 61.0 Å². The van der Waals surface area contributed by atoms with Gasteiger partial charge in [-0.25, -0.2) is 0 Å². The molecule has 3 fully saturated rings. The molecule has 0 aromatic rings. The van der Waals surface area contributed by atoms with E-state index in [0.29, 0.717) is 0 Å². The third-order valence-corrected chi connectivity index (χ3v) is 6.65. The van der Waals surface area contributed by atoms with Crippen molar-refractivity contribution in [2.75, 3.05) is 13.2 Å². The third-order valence-electron chi connectivity index (χ3n) is 6.65. The molecule has 3 rings (SSSR count). The van der Waals surface area contributed by atoms with Crippen LogP contribution < -0.4 is 0 Å². The summed E-state index contributed by atoms with van der Waals surface area (Å²) in [5, 5.41) is 123. The van der Waals surface area contributed by atoms with Crippen LogP contribution in [0.1, 0.15) is 6.92 Å². The van der Waals surface area contributed by atoms with Crippen molar-refractivity contribution in [2.45, 2.75) is 98.0 Å². The van der Waals surface area contributed by atoms with Crippen LogP contribution in [-0.2, 0) is 18.9 Å². The number of aliphatic hydroxyl groups excluding tert-OH is 11. The quantitative estimate of drug-likeness (QED) is 0.165. The van der Waals surface area contributed by atoms with Crippen LogP contribution >= 0.6 is 0 Å². The Morgan fingerprint density at radius 2 is 1.32 bits per heavy atom. The molecule has 16 heteroatoms. The summed E-state index contributed by atoms with van der Waals surface area (Å²) in [6.45, 7) is -1.09. The smallest absolute Gasteiger partial charge is 0.230 e. The first kappa shape index (κ1) is 27.9. The van der Waals surface area contributed by atoms with E-state index in [4.69, 9.17) is 18.9 Å². The van der Waals surface area contributed by atoms with Gasteiger partial charge >= 0.3 is 0 Å². The highest BCUT2D eigenvalue weighted by Gasteiger charge is 2.71. The van der Waals surface area contributed by atoms with Crippen LogP contribution in [0.5, 0.6) is 0 Å². The molecule has 0 radical (unpaired) electrons. The number of aliphatic hydroxyl groups is 12. The minimum Gasteiger partial charge on any atom is -0.394 e. The fourth-order valence-corrected chi connectivity index (χ4v) is 4.48. The number of hydrogen-bond donors (Lipinski definition) is 12. The molecular formula is C18H32O16. The fraction of sp³-hybridized carbons (Fsp3) is 1.00. The molecule has 0 amide bonds. The fourth-order valence-electron chi connectivity index (χ4n) is 4.48. The lowest BCUT2D eigenvalue weighted by atomic mass is 9.74. The van der Waals surface area contributed by atoms with E-state index in [-0.39, 0.29) is 0 Å². The van der Waals surface area contributed by atoms with Gasteiger partial charge in [0.25, 0.3) is 0 Å². The van der Waals surface area contributed by atoms with Crippen LogP contribution in [-0.4, -0.2) is 166 Å². The van der Waals surface area contributed by atoms with E-state index in [1.807, 2.05) is 0 Å². The minimum atomic E-state index is -3.20. The lowest BCUT2D eigenvalue weighted by Gasteiger charge is -2.58. The van der Waals surface area contributed by atoms with Crippen molar-refractivity contribution in [3.63, 3.8) is 0 Å². The van der Waals surface area contributed by atoms with E-state index in [2.05, 4.69) is 0 Å². The maximum absolute atomic E-state index is 11.2. The summed E-state index contributed by atoms with van der Waals surface area (Å²) in [5.74, 6) is -3.20. The molecule has 34 heavy (non-hydrogen) atoms. The Balaban J connectivity index is 1.97. The second-order valence-corrected chi connectivity index (χ2v) is 8.73. The second-order valence-electron chi connectivity index (χ2n) is 8.73. The molecule has 15 atom stereocenters. The third kappa shape index (κ3) is 4.16. The van der Waals surface area contributed by atoms with Gasteiger partial charge in [0, 0.05) is 0 Å². The normalized spacial score (nSPS) is 56.9. The Hall–Kier alpha value is -0.640. The van der Waals surface area contributed by atoms with Gasteiger partial charge in [-0.2, -0.15) is 0 Å². The lowest BCUT2D eigenvalue weighted by molar-refractivity contribution is -0.463. The van der Waals surface area contributed by atoms with E-state index in [9.17, 15) is 61.3 Å². The Bertz CT molecular complexity index is 697. The second kappa shape index (κ2) is 10.0. The summed E-state index contributed by atoms with van der Waals surface area (Å²) < 4.78 is 20.9. The summed E-state index contributed by atoms with van der Waals surface area (Å²) in [7, 11) is 0. The van der Waals surface area contributed by atoms with Crippen molar-refractivity contribution in [3.8, 4) is 0 Å². The highest BCUT2D eigenvalue weighted by molar-refractivity contribution is 5.14. The van der Waals surface area contributed by atoms with E-state index in [1.165, 1.54) is 6.92 Å². The van der Waals surface area contributed by atoms with E-state index in [0.717, 1.165) is 0 Å². The van der Waals surface area contributed by atoms with Gasteiger partial charge < -0.3 is 80.2 Å². The van der Waals surface area contributed by atoms with Crippen LogP contribution in [0.3, 0.4) is 0 Å². The maximum atomic E-state index is 11.2. The molecule has 3 saturated heterocycles. The highest BCUT2D eigenvalue weighted by Crippen LogP contribution is 2.45. The average molecular weight is 504 g/mol. The number of hydrogen-bond acceptors (Lipinski definition) is 16. The molecule has 12 N–H and O–H groups in total. The maximum Gasteiger partial charge on any atom is 0.230 e.